The molecule has 3 rings (SSSR count). The largest absolute Gasteiger partial charge is 0.492 e. The average molecular weight is 361 g/mol. The van der Waals surface area contributed by atoms with Crippen molar-refractivity contribution in [1.82, 2.24) is 5.32 Å². The van der Waals surface area contributed by atoms with E-state index in [2.05, 4.69) is 5.32 Å². The van der Waals surface area contributed by atoms with Gasteiger partial charge in [-0.2, -0.15) is 0 Å². The minimum atomic E-state index is -1.02. The first-order valence-corrected chi connectivity index (χ1v) is 8.85. The number of carbonyl (C=O) groups is 2. The fraction of sp³-hybridized carbons (Fsp3) is 0.556. The van der Waals surface area contributed by atoms with Crippen molar-refractivity contribution in [3.8, 4) is 0 Å². The van der Waals surface area contributed by atoms with Gasteiger partial charge < -0.3 is 24.5 Å². The van der Waals surface area contributed by atoms with Crippen molar-refractivity contribution in [3.05, 3.63) is 28.8 Å². The second kappa shape index (κ2) is 7.78. The van der Waals surface area contributed by atoms with Gasteiger partial charge in [-0.25, -0.2) is 4.79 Å². The van der Waals surface area contributed by atoms with Crippen LogP contribution in [0.1, 0.15) is 35.3 Å². The molecule has 1 amide bonds. The molecule has 0 aromatic heterocycles. The second-order valence-electron chi connectivity index (χ2n) is 7.20. The highest BCUT2D eigenvalue weighted by Crippen LogP contribution is 2.17. The molecule has 140 valence electrons. The van der Waals surface area contributed by atoms with E-state index >= 15 is 0 Å². The third-order valence-electron chi connectivity index (χ3n) is 4.87. The summed E-state index contributed by atoms with van der Waals surface area (Å²) in [7, 11) is -1.02. The molecule has 2 aliphatic rings. The molecule has 1 atom stereocenters. The van der Waals surface area contributed by atoms with Crippen LogP contribution in [0.5, 0.6) is 0 Å². The lowest BCUT2D eigenvalue weighted by Crippen LogP contribution is -2.47. The summed E-state index contributed by atoms with van der Waals surface area (Å²) in [6.07, 6.45) is 0. The number of benzene rings is 1. The van der Waals surface area contributed by atoms with Crippen LogP contribution in [0.4, 0.5) is 0 Å². The number of carbonyl (C=O) groups excluding carboxylic acids is 2. The summed E-state index contributed by atoms with van der Waals surface area (Å²) in [6.45, 7) is 7.31. The molecule has 7 nitrogen and oxygen atoms in total. The molecule has 1 aromatic carbocycles. The molecular formula is C18H24BNO6. The number of nitrogens with one attached hydrogen (secondary N) is 1. The van der Waals surface area contributed by atoms with Crippen molar-refractivity contribution < 1.29 is 28.7 Å². The first-order valence-electron chi connectivity index (χ1n) is 8.85. The minimum Gasteiger partial charge on any atom is -0.464 e. The van der Waals surface area contributed by atoms with Crippen molar-refractivity contribution in [2.75, 3.05) is 19.8 Å². The molecule has 0 bridgehead atoms. The summed E-state index contributed by atoms with van der Waals surface area (Å²) in [5.41, 5.74) is 2.58. The second-order valence-corrected chi connectivity index (χ2v) is 7.20. The van der Waals surface area contributed by atoms with E-state index in [9.17, 15) is 14.6 Å². The molecule has 2 heterocycles. The zero-order valence-corrected chi connectivity index (χ0v) is 15.3. The lowest BCUT2D eigenvalue weighted by atomic mass is 9.75. The van der Waals surface area contributed by atoms with E-state index in [0.29, 0.717) is 43.0 Å². The summed E-state index contributed by atoms with van der Waals surface area (Å²) in [5.74, 6) is -0.690. The Hall–Kier alpha value is -1.90. The Labute approximate surface area is 153 Å². The van der Waals surface area contributed by atoms with E-state index in [-0.39, 0.29) is 17.7 Å². The van der Waals surface area contributed by atoms with Crippen molar-refractivity contribution in [2.24, 2.45) is 11.8 Å². The SMILES string of the molecule is Cc1c(C(=O)N[C@H](C(=O)OCC2COC2)C(C)C)ccc2c1B(O)OC2. The van der Waals surface area contributed by atoms with Crippen LogP contribution in [0.3, 0.4) is 0 Å². The quantitative estimate of drug-likeness (QED) is 0.554. The van der Waals surface area contributed by atoms with E-state index < -0.39 is 19.1 Å². The Kier molecular flexibility index (Phi) is 5.65. The van der Waals surface area contributed by atoms with Crippen molar-refractivity contribution in [2.45, 2.75) is 33.4 Å². The minimum absolute atomic E-state index is 0.118. The van der Waals surface area contributed by atoms with Gasteiger partial charge in [-0.1, -0.05) is 19.9 Å². The van der Waals surface area contributed by atoms with Gasteiger partial charge in [0.2, 0.25) is 0 Å². The molecule has 1 fully saturated rings. The smallest absolute Gasteiger partial charge is 0.464 e. The van der Waals surface area contributed by atoms with Crippen LogP contribution >= 0.6 is 0 Å². The highest BCUT2D eigenvalue weighted by Gasteiger charge is 2.33. The molecule has 0 unspecified atom stereocenters. The predicted octanol–water partition coefficient (Wildman–Crippen LogP) is 0.157. The number of amides is 1. The average Bonchev–Trinajstić information content (AvgIpc) is 2.92. The van der Waals surface area contributed by atoms with Crippen LogP contribution in [-0.4, -0.2) is 49.9 Å². The Bertz CT molecular complexity index is 703. The molecule has 0 radical (unpaired) electrons. The summed E-state index contributed by atoms with van der Waals surface area (Å²) in [5, 5.41) is 12.7. The lowest BCUT2D eigenvalue weighted by Gasteiger charge is -2.27. The third-order valence-corrected chi connectivity index (χ3v) is 4.87. The van der Waals surface area contributed by atoms with Crippen molar-refractivity contribution in [3.63, 3.8) is 0 Å². The Morgan fingerprint density at radius 1 is 1.38 bits per heavy atom. The molecule has 0 saturated carbocycles. The first-order chi connectivity index (χ1) is 12.4. The molecule has 1 saturated heterocycles. The van der Waals surface area contributed by atoms with E-state index in [4.69, 9.17) is 14.1 Å². The normalized spacial score (nSPS) is 17.7. The third kappa shape index (κ3) is 3.77. The molecule has 0 spiro atoms. The number of rotatable bonds is 6. The maximum absolute atomic E-state index is 12.7. The first kappa shape index (κ1) is 18.9. The van der Waals surface area contributed by atoms with Gasteiger partial charge in [0.05, 0.1) is 26.4 Å². The van der Waals surface area contributed by atoms with Gasteiger partial charge in [0, 0.05) is 11.5 Å². The molecule has 1 aromatic rings. The Balaban J connectivity index is 1.70. The molecule has 2 N–H and O–H groups in total. The highest BCUT2D eigenvalue weighted by molar-refractivity contribution is 6.62. The summed E-state index contributed by atoms with van der Waals surface area (Å²) >= 11 is 0. The predicted molar refractivity (Wildman–Crippen MR) is 94.9 cm³/mol. The van der Waals surface area contributed by atoms with Crippen molar-refractivity contribution in [1.29, 1.82) is 0 Å². The lowest BCUT2D eigenvalue weighted by molar-refractivity contribution is -0.154. The molecule has 26 heavy (non-hydrogen) atoms. The number of ether oxygens (including phenoxy) is 2. The molecule has 8 heteroatoms. The monoisotopic (exact) mass is 361 g/mol. The van der Waals surface area contributed by atoms with Gasteiger partial charge in [-0.15, -0.1) is 0 Å². The van der Waals surface area contributed by atoms with Crippen LogP contribution < -0.4 is 10.8 Å². The van der Waals surface area contributed by atoms with E-state index in [1.54, 1.807) is 19.1 Å². The van der Waals surface area contributed by atoms with Crippen LogP contribution in [0.2, 0.25) is 0 Å². The standard InChI is InChI=1S/C18H24BNO6/c1-10(2)16(18(22)25-8-12-6-24-7-12)20-17(21)14-5-4-13-9-26-19(23)15(13)11(14)3/h4-5,10,12,16,23H,6-9H2,1-3H3,(H,20,21)/t16-/m0/s1. The van der Waals surface area contributed by atoms with Crippen molar-refractivity contribution >= 4 is 24.5 Å². The van der Waals surface area contributed by atoms with Crippen LogP contribution in [0.15, 0.2) is 12.1 Å². The van der Waals surface area contributed by atoms with Crippen LogP contribution in [-0.2, 0) is 25.5 Å². The van der Waals surface area contributed by atoms with Gasteiger partial charge >= 0.3 is 13.1 Å². The summed E-state index contributed by atoms with van der Waals surface area (Å²) in [6, 6.07) is 2.73. The van der Waals surface area contributed by atoms with Gasteiger partial charge in [-0.05, 0) is 35.5 Å². The van der Waals surface area contributed by atoms with Crippen LogP contribution in [0.25, 0.3) is 0 Å². The maximum Gasteiger partial charge on any atom is 0.492 e. The summed E-state index contributed by atoms with van der Waals surface area (Å²) < 4.78 is 15.6. The summed E-state index contributed by atoms with van der Waals surface area (Å²) in [4.78, 5) is 25.1. The van der Waals surface area contributed by atoms with Gasteiger partial charge in [0.1, 0.15) is 6.04 Å². The zero-order valence-electron chi connectivity index (χ0n) is 15.3. The zero-order chi connectivity index (χ0) is 18.8. The molecule has 2 aliphatic heterocycles. The number of esters is 1. The maximum atomic E-state index is 12.7. The fourth-order valence-electron chi connectivity index (χ4n) is 3.14. The van der Waals surface area contributed by atoms with E-state index in [1.807, 2.05) is 13.8 Å². The van der Waals surface area contributed by atoms with Gasteiger partial charge in [0.25, 0.3) is 5.91 Å². The Morgan fingerprint density at radius 2 is 2.12 bits per heavy atom. The molecule has 0 aliphatic carbocycles. The topological polar surface area (TPSA) is 94.1 Å². The van der Waals surface area contributed by atoms with Gasteiger partial charge in [0.15, 0.2) is 0 Å². The fourth-order valence-corrected chi connectivity index (χ4v) is 3.14. The highest BCUT2D eigenvalue weighted by atomic mass is 16.5. The molecular weight excluding hydrogens is 337 g/mol. The number of hydrogen-bond acceptors (Lipinski definition) is 6. The van der Waals surface area contributed by atoms with Gasteiger partial charge in [-0.3, -0.25) is 4.79 Å². The van der Waals surface area contributed by atoms with E-state index in [0.717, 1.165) is 5.56 Å². The Morgan fingerprint density at radius 3 is 2.73 bits per heavy atom. The van der Waals surface area contributed by atoms with Crippen LogP contribution in [0, 0.1) is 18.8 Å². The number of hydrogen-bond donors (Lipinski definition) is 2. The number of fused-ring (bicyclic) bond motifs is 1. The van der Waals surface area contributed by atoms with E-state index in [1.165, 1.54) is 0 Å².